The highest BCUT2D eigenvalue weighted by atomic mass is 32.2. The van der Waals surface area contributed by atoms with Crippen LogP contribution in [-0.4, -0.2) is 39.8 Å². The molecule has 8 heteroatoms. The van der Waals surface area contributed by atoms with Crippen molar-refractivity contribution in [2.45, 2.75) is 4.21 Å². The zero-order valence-electron chi connectivity index (χ0n) is 11.8. The Morgan fingerprint density at radius 1 is 1.23 bits per heavy atom. The minimum absolute atomic E-state index is 0.0187. The van der Waals surface area contributed by atoms with Crippen molar-refractivity contribution in [3.63, 3.8) is 0 Å². The summed E-state index contributed by atoms with van der Waals surface area (Å²) in [7, 11) is -2.62. The van der Waals surface area contributed by atoms with E-state index >= 15 is 0 Å². The van der Waals surface area contributed by atoms with Crippen LogP contribution in [0.25, 0.3) is 0 Å². The molecule has 6 nitrogen and oxygen atoms in total. The normalized spacial score (nSPS) is 11.2. The number of para-hydroxylation sites is 1. The number of nitrogens with zero attached hydrogens (tertiary/aromatic N) is 1. The predicted molar refractivity (Wildman–Crippen MR) is 83.7 cm³/mol. The summed E-state index contributed by atoms with van der Waals surface area (Å²) in [4.78, 5) is 11.7. The van der Waals surface area contributed by atoms with Crippen LogP contribution < -0.4 is 4.31 Å². The quantitative estimate of drug-likeness (QED) is 0.809. The van der Waals surface area contributed by atoms with Gasteiger partial charge in [0.2, 0.25) is 0 Å². The molecule has 1 N–H and O–H groups in total. The third kappa shape index (κ3) is 3.29. The van der Waals surface area contributed by atoms with Gasteiger partial charge in [-0.3, -0.25) is 4.31 Å². The van der Waals surface area contributed by atoms with E-state index in [9.17, 15) is 13.2 Å². The average molecular weight is 341 g/mol. The fourth-order valence-electron chi connectivity index (χ4n) is 1.85. The fraction of sp³-hybridized carbons (Fsp3) is 0.214. The Kier molecular flexibility index (Phi) is 5.17. The number of ether oxygens (including phenoxy) is 1. The van der Waals surface area contributed by atoms with Crippen LogP contribution in [0.3, 0.4) is 0 Å². The molecule has 1 aromatic heterocycles. The Morgan fingerprint density at radius 2 is 1.91 bits per heavy atom. The van der Waals surface area contributed by atoms with Gasteiger partial charge in [-0.25, -0.2) is 13.2 Å². The predicted octanol–water partition coefficient (Wildman–Crippen LogP) is 1.72. The number of methoxy groups -OCH3 is 1. The molecule has 0 radical (unpaired) electrons. The summed E-state index contributed by atoms with van der Waals surface area (Å²) < 4.78 is 31.1. The fourth-order valence-corrected chi connectivity index (χ4v) is 4.65. The summed E-state index contributed by atoms with van der Waals surface area (Å²) >= 11 is 0.836. The number of hydrogen-bond donors (Lipinski definition) is 1. The maximum atomic E-state index is 12.7. The Bertz CT molecular complexity index is 740. The van der Waals surface area contributed by atoms with Crippen molar-refractivity contribution in [2.75, 3.05) is 24.6 Å². The molecule has 1 heterocycles. The van der Waals surface area contributed by atoms with Crippen LogP contribution in [-0.2, 0) is 14.8 Å². The van der Waals surface area contributed by atoms with Crippen molar-refractivity contribution >= 4 is 33.0 Å². The minimum Gasteiger partial charge on any atom is -0.465 e. The summed E-state index contributed by atoms with van der Waals surface area (Å²) in [6, 6.07) is 11.2. The number of aliphatic hydroxyl groups excluding tert-OH is 1. The molecule has 2 aromatic rings. The molecule has 1 aromatic carbocycles. The Balaban J connectivity index is 2.42. The molecule has 2 rings (SSSR count). The molecule has 0 saturated heterocycles. The molecule has 0 spiro atoms. The summed E-state index contributed by atoms with van der Waals surface area (Å²) in [6.07, 6.45) is 0. The average Bonchev–Trinajstić information content (AvgIpc) is 3.03. The van der Waals surface area contributed by atoms with Crippen LogP contribution in [0.15, 0.2) is 46.7 Å². The molecule has 0 fully saturated rings. The van der Waals surface area contributed by atoms with Gasteiger partial charge in [-0.05, 0) is 24.3 Å². The van der Waals surface area contributed by atoms with Crippen LogP contribution in [0.4, 0.5) is 5.69 Å². The zero-order chi connectivity index (χ0) is 16.2. The van der Waals surface area contributed by atoms with Gasteiger partial charge in [-0.1, -0.05) is 18.2 Å². The van der Waals surface area contributed by atoms with Crippen LogP contribution >= 0.6 is 11.3 Å². The maximum absolute atomic E-state index is 12.7. The standard InChI is InChI=1S/C14H15NO5S2/c1-20-14(17)12-7-8-13(21-12)22(18,19)15(9-10-16)11-5-3-2-4-6-11/h2-8,16H,9-10H2,1H3. The van der Waals surface area contributed by atoms with E-state index < -0.39 is 16.0 Å². The number of aliphatic hydroxyl groups is 1. The van der Waals surface area contributed by atoms with Crippen LogP contribution in [0.1, 0.15) is 9.67 Å². The first kappa shape index (κ1) is 16.5. The molecule has 0 bridgehead atoms. The van der Waals surface area contributed by atoms with Crippen LogP contribution in [0.5, 0.6) is 0 Å². The van der Waals surface area contributed by atoms with Crippen molar-refractivity contribution in [1.29, 1.82) is 0 Å². The van der Waals surface area contributed by atoms with E-state index in [1.54, 1.807) is 30.3 Å². The molecule has 22 heavy (non-hydrogen) atoms. The highest BCUT2D eigenvalue weighted by Gasteiger charge is 2.27. The van der Waals surface area contributed by atoms with Gasteiger partial charge in [0.15, 0.2) is 0 Å². The monoisotopic (exact) mass is 341 g/mol. The molecular formula is C14H15NO5S2. The van der Waals surface area contributed by atoms with Gasteiger partial charge in [0.1, 0.15) is 9.09 Å². The molecular weight excluding hydrogens is 326 g/mol. The number of esters is 1. The number of rotatable bonds is 6. The number of thiophene rings is 1. The van der Waals surface area contributed by atoms with E-state index in [0.717, 1.165) is 15.6 Å². The first-order valence-corrected chi connectivity index (χ1v) is 8.63. The molecule has 0 unspecified atom stereocenters. The van der Waals surface area contributed by atoms with Crippen molar-refractivity contribution < 1.29 is 23.1 Å². The SMILES string of the molecule is COC(=O)c1ccc(S(=O)(=O)N(CCO)c2ccccc2)s1. The highest BCUT2D eigenvalue weighted by Crippen LogP contribution is 2.28. The van der Waals surface area contributed by atoms with Crippen LogP contribution in [0, 0.1) is 0 Å². The zero-order valence-corrected chi connectivity index (χ0v) is 13.4. The first-order valence-electron chi connectivity index (χ1n) is 6.37. The molecule has 0 aliphatic carbocycles. The van der Waals surface area contributed by atoms with E-state index in [-0.39, 0.29) is 22.2 Å². The van der Waals surface area contributed by atoms with E-state index in [4.69, 9.17) is 5.11 Å². The number of sulfonamides is 1. The highest BCUT2D eigenvalue weighted by molar-refractivity contribution is 7.94. The van der Waals surface area contributed by atoms with Gasteiger partial charge in [-0.2, -0.15) is 0 Å². The molecule has 0 aliphatic heterocycles. The second kappa shape index (κ2) is 6.91. The molecule has 0 saturated carbocycles. The van der Waals surface area contributed by atoms with Gasteiger partial charge in [0.25, 0.3) is 10.0 Å². The van der Waals surface area contributed by atoms with E-state index in [1.807, 2.05) is 0 Å². The van der Waals surface area contributed by atoms with E-state index in [0.29, 0.717) is 5.69 Å². The lowest BCUT2D eigenvalue weighted by atomic mass is 10.3. The second-order valence-electron chi connectivity index (χ2n) is 4.25. The number of hydrogen-bond acceptors (Lipinski definition) is 6. The summed E-state index contributed by atoms with van der Waals surface area (Å²) in [5.41, 5.74) is 0.449. The molecule has 118 valence electrons. The summed E-state index contributed by atoms with van der Waals surface area (Å²) in [5.74, 6) is -0.583. The smallest absolute Gasteiger partial charge is 0.348 e. The van der Waals surface area contributed by atoms with Crippen molar-refractivity contribution in [3.05, 3.63) is 47.3 Å². The number of benzene rings is 1. The lowest BCUT2D eigenvalue weighted by molar-refractivity contribution is 0.0606. The van der Waals surface area contributed by atoms with Gasteiger partial charge in [0.05, 0.1) is 25.9 Å². The Morgan fingerprint density at radius 3 is 2.50 bits per heavy atom. The first-order chi connectivity index (χ1) is 10.5. The largest absolute Gasteiger partial charge is 0.465 e. The molecule has 0 amide bonds. The van der Waals surface area contributed by atoms with Gasteiger partial charge < -0.3 is 9.84 Å². The summed E-state index contributed by atoms with van der Waals surface area (Å²) in [5, 5.41) is 9.16. The van der Waals surface area contributed by atoms with Crippen molar-refractivity contribution in [1.82, 2.24) is 0 Å². The Labute approximate surface area is 132 Å². The summed E-state index contributed by atoms with van der Waals surface area (Å²) in [6.45, 7) is -0.388. The third-order valence-corrected chi connectivity index (χ3v) is 6.22. The van der Waals surface area contributed by atoms with Crippen LogP contribution in [0.2, 0.25) is 0 Å². The van der Waals surface area contributed by atoms with Gasteiger partial charge >= 0.3 is 5.97 Å². The minimum atomic E-state index is -3.85. The van der Waals surface area contributed by atoms with Crippen molar-refractivity contribution in [2.24, 2.45) is 0 Å². The van der Waals surface area contributed by atoms with E-state index in [1.165, 1.54) is 19.2 Å². The second-order valence-corrected chi connectivity index (χ2v) is 7.42. The number of carbonyl (C=O) groups excluding carboxylic acids is 1. The lowest BCUT2D eigenvalue weighted by Gasteiger charge is -2.22. The molecule has 0 aliphatic rings. The lowest BCUT2D eigenvalue weighted by Crippen LogP contribution is -2.33. The molecule has 0 atom stereocenters. The third-order valence-electron chi connectivity index (χ3n) is 2.86. The Hall–Kier alpha value is -1.90. The number of carbonyl (C=O) groups is 1. The maximum Gasteiger partial charge on any atom is 0.348 e. The topological polar surface area (TPSA) is 83.9 Å². The van der Waals surface area contributed by atoms with E-state index in [2.05, 4.69) is 4.74 Å². The number of anilines is 1. The van der Waals surface area contributed by atoms with Gasteiger partial charge in [0, 0.05) is 0 Å². The van der Waals surface area contributed by atoms with Crippen molar-refractivity contribution in [3.8, 4) is 0 Å². The van der Waals surface area contributed by atoms with Gasteiger partial charge in [-0.15, -0.1) is 11.3 Å².